The van der Waals surface area contributed by atoms with Crippen LogP contribution < -0.4 is 9.62 Å². The number of thiophene rings is 1. The second-order valence-corrected chi connectivity index (χ2v) is 8.96. The Kier molecular flexibility index (Phi) is 4.97. The number of benzene rings is 1. The summed E-state index contributed by atoms with van der Waals surface area (Å²) in [4.78, 5) is 17.0. The highest BCUT2D eigenvalue weighted by Crippen LogP contribution is 2.39. The Hall–Kier alpha value is -2.97. The Balaban J connectivity index is 1.67. The summed E-state index contributed by atoms with van der Waals surface area (Å²) in [5.74, 6) is -0.479. The van der Waals surface area contributed by atoms with E-state index in [1.165, 1.54) is 21.8 Å². The molecule has 4 rings (SSSR count). The largest absolute Gasteiger partial charge is 0.386 e. The molecule has 1 N–H and O–H groups in total. The predicted molar refractivity (Wildman–Crippen MR) is 109 cm³/mol. The van der Waals surface area contributed by atoms with E-state index in [0.717, 1.165) is 11.1 Å². The lowest BCUT2D eigenvalue weighted by molar-refractivity contribution is 0.104. The van der Waals surface area contributed by atoms with Gasteiger partial charge in [-0.15, -0.1) is 11.3 Å². The third-order valence-electron chi connectivity index (χ3n) is 4.34. The molecule has 142 valence electrons. The summed E-state index contributed by atoms with van der Waals surface area (Å²) >= 11 is 1.25. The summed E-state index contributed by atoms with van der Waals surface area (Å²) in [5, 5.41) is 4.68. The lowest BCUT2D eigenvalue weighted by Gasteiger charge is -2.29. The van der Waals surface area contributed by atoms with Crippen LogP contribution >= 0.6 is 11.3 Å². The van der Waals surface area contributed by atoms with Crippen LogP contribution in [0.5, 0.6) is 0 Å². The number of ketones is 1. The molecule has 3 aromatic rings. The summed E-state index contributed by atoms with van der Waals surface area (Å²) in [6.45, 7) is 0.538. The Labute approximate surface area is 167 Å². The summed E-state index contributed by atoms with van der Waals surface area (Å²) < 4.78 is 27.7. The van der Waals surface area contributed by atoms with E-state index in [4.69, 9.17) is 0 Å². The molecule has 0 saturated carbocycles. The first-order valence-electron chi connectivity index (χ1n) is 8.58. The maximum Gasteiger partial charge on any atom is 0.270 e. The van der Waals surface area contributed by atoms with E-state index in [2.05, 4.69) is 10.3 Å². The Morgan fingerprint density at radius 3 is 2.61 bits per heavy atom. The summed E-state index contributed by atoms with van der Waals surface area (Å²) in [7, 11) is -3.98. The standard InChI is InChI=1S/C20H17N3O3S2/c24-19-18(13-22-12-16-7-4-9-21-11-16)28(25,26)23(17-8-10-27-20(17)19)14-15-5-2-1-3-6-15/h1-11,13,22H,12,14H2/b18-13+. The molecule has 3 heterocycles. The van der Waals surface area contributed by atoms with Crippen molar-refractivity contribution in [2.75, 3.05) is 4.31 Å². The highest BCUT2D eigenvalue weighted by atomic mass is 32.2. The highest BCUT2D eigenvalue weighted by Gasteiger charge is 2.41. The molecule has 6 nitrogen and oxygen atoms in total. The molecule has 0 unspecified atom stereocenters. The van der Waals surface area contributed by atoms with Crippen molar-refractivity contribution in [2.45, 2.75) is 13.1 Å². The van der Waals surface area contributed by atoms with Crippen LogP contribution in [-0.4, -0.2) is 19.2 Å². The van der Waals surface area contributed by atoms with Gasteiger partial charge in [-0.2, -0.15) is 0 Å². The average molecular weight is 412 g/mol. The minimum atomic E-state index is -3.98. The first kappa shape index (κ1) is 18.4. The van der Waals surface area contributed by atoms with Crippen LogP contribution in [0.25, 0.3) is 0 Å². The number of nitrogens with one attached hydrogen (secondary N) is 1. The molecule has 1 aromatic carbocycles. The molecular formula is C20H17N3O3S2. The van der Waals surface area contributed by atoms with E-state index in [9.17, 15) is 13.2 Å². The number of allylic oxidation sites excluding steroid dienone is 1. The van der Waals surface area contributed by atoms with E-state index in [1.54, 1.807) is 29.9 Å². The van der Waals surface area contributed by atoms with Crippen molar-refractivity contribution in [1.29, 1.82) is 0 Å². The number of hydrogen-bond acceptors (Lipinski definition) is 6. The third kappa shape index (κ3) is 3.44. The molecule has 0 saturated heterocycles. The molecule has 0 aliphatic carbocycles. The van der Waals surface area contributed by atoms with Crippen molar-refractivity contribution in [3.8, 4) is 0 Å². The van der Waals surface area contributed by atoms with E-state index < -0.39 is 15.8 Å². The molecule has 0 fully saturated rings. The molecule has 0 atom stereocenters. The fourth-order valence-corrected chi connectivity index (χ4v) is 5.48. The van der Waals surface area contributed by atoms with Crippen LogP contribution in [0.3, 0.4) is 0 Å². The molecule has 0 radical (unpaired) electrons. The van der Waals surface area contributed by atoms with Gasteiger partial charge < -0.3 is 5.32 Å². The number of nitrogens with zero attached hydrogens (tertiary/aromatic N) is 2. The van der Waals surface area contributed by atoms with Crippen molar-refractivity contribution in [3.63, 3.8) is 0 Å². The zero-order chi connectivity index (χ0) is 19.6. The fourth-order valence-electron chi connectivity index (χ4n) is 2.97. The molecule has 1 aliphatic heterocycles. The van der Waals surface area contributed by atoms with Gasteiger partial charge in [0.2, 0.25) is 5.78 Å². The molecule has 28 heavy (non-hydrogen) atoms. The molecule has 8 heteroatoms. The lowest BCUT2D eigenvalue weighted by Crippen LogP contribution is -2.38. The number of anilines is 1. The SMILES string of the molecule is O=C1/C(=C\NCc2cccnc2)S(=O)(=O)N(Cc2ccccc2)c2ccsc21. The number of aromatic nitrogens is 1. The molecular weight excluding hydrogens is 394 g/mol. The summed E-state index contributed by atoms with van der Waals surface area (Å²) in [6, 6.07) is 14.7. The van der Waals surface area contributed by atoms with Crippen LogP contribution in [0.2, 0.25) is 0 Å². The van der Waals surface area contributed by atoms with E-state index >= 15 is 0 Å². The van der Waals surface area contributed by atoms with Crippen molar-refractivity contribution in [3.05, 3.63) is 93.4 Å². The number of pyridine rings is 1. The normalized spacial score (nSPS) is 16.8. The Morgan fingerprint density at radius 2 is 1.86 bits per heavy atom. The number of fused-ring (bicyclic) bond motifs is 1. The van der Waals surface area contributed by atoms with E-state index in [-0.39, 0.29) is 11.4 Å². The maximum absolute atomic E-state index is 13.2. The highest BCUT2D eigenvalue weighted by molar-refractivity contribution is 7.97. The first-order chi connectivity index (χ1) is 13.6. The monoisotopic (exact) mass is 411 g/mol. The number of rotatable bonds is 5. The lowest BCUT2D eigenvalue weighted by atomic mass is 10.2. The van der Waals surface area contributed by atoms with Gasteiger partial charge in [0.15, 0.2) is 4.91 Å². The van der Waals surface area contributed by atoms with Crippen molar-refractivity contribution in [1.82, 2.24) is 10.3 Å². The van der Waals surface area contributed by atoms with Crippen molar-refractivity contribution < 1.29 is 13.2 Å². The number of carbonyl (C=O) groups excluding carboxylic acids is 1. The van der Waals surface area contributed by atoms with Gasteiger partial charge in [0.05, 0.1) is 12.2 Å². The summed E-state index contributed by atoms with van der Waals surface area (Å²) in [6.07, 6.45) is 4.64. The van der Waals surface area contributed by atoms with Crippen LogP contribution in [-0.2, 0) is 23.1 Å². The maximum atomic E-state index is 13.2. The fraction of sp³-hybridized carbons (Fsp3) is 0.100. The van der Waals surface area contributed by atoms with Gasteiger partial charge >= 0.3 is 0 Å². The quantitative estimate of drug-likeness (QED) is 0.652. The zero-order valence-electron chi connectivity index (χ0n) is 14.8. The van der Waals surface area contributed by atoms with Crippen LogP contribution in [0.1, 0.15) is 20.8 Å². The molecule has 2 aromatic heterocycles. The van der Waals surface area contributed by atoms with E-state index in [1.807, 2.05) is 36.4 Å². The average Bonchev–Trinajstić information content (AvgIpc) is 3.19. The van der Waals surface area contributed by atoms with Gasteiger partial charge in [0.1, 0.15) is 4.88 Å². The molecule has 1 aliphatic rings. The number of Topliss-reactive ketones (excluding diaryl/α,β-unsaturated/α-hetero) is 1. The van der Waals surface area contributed by atoms with Gasteiger partial charge in [0.25, 0.3) is 10.0 Å². The number of carbonyl (C=O) groups is 1. The molecule has 0 amide bonds. The van der Waals surface area contributed by atoms with Gasteiger partial charge in [-0.1, -0.05) is 36.4 Å². The predicted octanol–water partition coefficient (Wildman–Crippen LogP) is 3.31. The molecule has 0 spiro atoms. The van der Waals surface area contributed by atoms with Crippen LogP contribution in [0.15, 0.2) is 77.4 Å². The number of sulfonamides is 1. The summed E-state index contributed by atoms with van der Waals surface area (Å²) in [5.41, 5.74) is 2.17. The molecule has 0 bridgehead atoms. The van der Waals surface area contributed by atoms with Crippen molar-refractivity contribution >= 4 is 32.8 Å². The van der Waals surface area contributed by atoms with Gasteiger partial charge in [-0.25, -0.2) is 8.42 Å². The first-order valence-corrected chi connectivity index (χ1v) is 10.9. The van der Waals surface area contributed by atoms with Crippen LogP contribution in [0, 0.1) is 0 Å². The van der Waals surface area contributed by atoms with Gasteiger partial charge in [-0.05, 0) is 28.6 Å². The zero-order valence-corrected chi connectivity index (χ0v) is 16.4. The minimum absolute atomic E-state index is 0.167. The third-order valence-corrected chi connectivity index (χ3v) is 7.01. The van der Waals surface area contributed by atoms with E-state index in [0.29, 0.717) is 17.1 Å². The smallest absolute Gasteiger partial charge is 0.270 e. The van der Waals surface area contributed by atoms with Crippen molar-refractivity contribution in [2.24, 2.45) is 0 Å². The van der Waals surface area contributed by atoms with Gasteiger partial charge in [-0.3, -0.25) is 14.1 Å². The van der Waals surface area contributed by atoms with Crippen LogP contribution in [0.4, 0.5) is 5.69 Å². The Bertz CT molecular complexity index is 1120. The second kappa shape index (κ2) is 7.57. The minimum Gasteiger partial charge on any atom is -0.386 e. The Morgan fingerprint density at radius 1 is 1.07 bits per heavy atom. The number of hydrogen-bond donors (Lipinski definition) is 1. The topological polar surface area (TPSA) is 79.4 Å². The van der Waals surface area contributed by atoms with Gasteiger partial charge in [0, 0.05) is 25.1 Å². The second-order valence-electron chi connectivity index (χ2n) is 6.21.